The molecule has 6 heteroatoms. The van der Waals surface area contributed by atoms with E-state index in [2.05, 4.69) is 41.0 Å². The molecule has 1 aliphatic carbocycles. The van der Waals surface area contributed by atoms with Crippen LogP contribution in [0, 0.1) is 12.8 Å². The lowest BCUT2D eigenvalue weighted by atomic mass is 10.0. The fourth-order valence-electron chi connectivity index (χ4n) is 5.15. The van der Waals surface area contributed by atoms with Crippen molar-refractivity contribution in [2.24, 2.45) is 5.92 Å². The summed E-state index contributed by atoms with van der Waals surface area (Å²) in [6.07, 6.45) is 5.26. The van der Waals surface area contributed by atoms with Crippen LogP contribution in [-0.2, 0) is 11.2 Å². The van der Waals surface area contributed by atoms with Gasteiger partial charge >= 0.3 is 0 Å². The molecule has 3 aromatic rings. The zero-order valence-corrected chi connectivity index (χ0v) is 20.5. The number of hydrogen-bond acceptors (Lipinski definition) is 4. The lowest BCUT2D eigenvalue weighted by molar-refractivity contribution is -0.135. The van der Waals surface area contributed by atoms with Gasteiger partial charge in [0.15, 0.2) is 5.82 Å². The zero-order chi connectivity index (χ0) is 23.5. The van der Waals surface area contributed by atoms with Crippen LogP contribution in [0.5, 0.6) is 0 Å². The molecule has 0 radical (unpaired) electrons. The van der Waals surface area contributed by atoms with E-state index >= 15 is 0 Å². The molecule has 0 atom stereocenters. The molecular formula is C28H31ClN4O. The third-order valence-corrected chi connectivity index (χ3v) is 7.37. The highest BCUT2D eigenvalue weighted by Crippen LogP contribution is 2.30. The van der Waals surface area contributed by atoms with Gasteiger partial charge in [0.25, 0.3) is 0 Å². The van der Waals surface area contributed by atoms with Crippen molar-refractivity contribution in [1.82, 2.24) is 14.9 Å². The van der Waals surface area contributed by atoms with Crippen molar-refractivity contribution in [1.29, 1.82) is 0 Å². The fourth-order valence-corrected chi connectivity index (χ4v) is 5.27. The summed E-state index contributed by atoms with van der Waals surface area (Å²) in [4.78, 5) is 27.3. The van der Waals surface area contributed by atoms with Crippen molar-refractivity contribution < 1.29 is 4.79 Å². The summed E-state index contributed by atoms with van der Waals surface area (Å²) in [6.45, 7) is 5.15. The van der Waals surface area contributed by atoms with E-state index in [1.165, 1.54) is 18.4 Å². The standard InChI is InChI=1S/C28H31ClN4O/c1-20-25(19-21-7-3-2-4-8-21)27(31-26(30-20)22-11-13-24(29)14-12-22)32-15-17-33(18-16-32)28(34)23-9-5-6-10-23/h2-4,7-8,11-14,23H,5-6,9-10,15-19H2,1H3. The van der Waals surface area contributed by atoms with E-state index in [1.54, 1.807) is 0 Å². The number of carbonyl (C=O) groups is 1. The third kappa shape index (κ3) is 4.95. The highest BCUT2D eigenvalue weighted by atomic mass is 35.5. The van der Waals surface area contributed by atoms with Crippen molar-refractivity contribution in [3.05, 3.63) is 76.4 Å². The Kier molecular flexibility index (Phi) is 6.82. The molecule has 0 bridgehead atoms. The molecule has 34 heavy (non-hydrogen) atoms. The second-order valence-corrected chi connectivity index (χ2v) is 9.83. The highest BCUT2D eigenvalue weighted by molar-refractivity contribution is 6.30. The predicted molar refractivity (Wildman–Crippen MR) is 137 cm³/mol. The van der Waals surface area contributed by atoms with Crippen LogP contribution in [0.1, 0.15) is 42.5 Å². The molecule has 1 saturated carbocycles. The topological polar surface area (TPSA) is 49.3 Å². The summed E-state index contributed by atoms with van der Waals surface area (Å²) in [5.74, 6) is 2.28. The smallest absolute Gasteiger partial charge is 0.225 e. The van der Waals surface area contributed by atoms with Crippen molar-refractivity contribution in [2.75, 3.05) is 31.1 Å². The Balaban J connectivity index is 1.43. The van der Waals surface area contributed by atoms with Gasteiger partial charge in [0, 0.05) is 60.4 Å². The monoisotopic (exact) mass is 474 g/mol. The van der Waals surface area contributed by atoms with Crippen LogP contribution in [0.25, 0.3) is 11.4 Å². The summed E-state index contributed by atoms with van der Waals surface area (Å²) in [5.41, 5.74) is 4.34. The number of halogens is 1. The summed E-state index contributed by atoms with van der Waals surface area (Å²) in [7, 11) is 0. The summed E-state index contributed by atoms with van der Waals surface area (Å²) < 4.78 is 0. The number of nitrogens with zero attached hydrogens (tertiary/aromatic N) is 4. The molecule has 1 aromatic heterocycles. The number of hydrogen-bond donors (Lipinski definition) is 0. The first kappa shape index (κ1) is 22.9. The number of piperazine rings is 1. The van der Waals surface area contributed by atoms with Crippen LogP contribution in [0.2, 0.25) is 5.02 Å². The number of aromatic nitrogens is 2. The van der Waals surface area contributed by atoms with Gasteiger partial charge in [0.05, 0.1) is 0 Å². The SMILES string of the molecule is Cc1nc(-c2ccc(Cl)cc2)nc(N2CCN(C(=O)C3CCCC3)CC2)c1Cc1ccccc1. The van der Waals surface area contributed by atoms with E-state index in [9.17, 15) is 4.79 Å². The van der Waals surface area contributed by atoms with Gasteiger partial charge in [0.2, 0.25) is 5.91 Å². The van der Waals surface area contributed by atoms with Gasteiger partial charge in [-0.25, -0.2) is 9.97 Å². The summed E-state index contributed by atoms with van der Waals surface area (Å²) >= 11 is 6.10. The largest absolute Gasteiger partial charge is 0.353 e. The average molecular weight is 475 g/mol. The Hall–Kier alpha value is -2.92. The van der Waals surface area contributed by atoms with Crippen LogP contribution in [-0.4, -0.2) is 47.0 Å². The van der Waals surface area contributed by atoms with Crippen LogP contribution >= 0.6 is 11.6 Å². The van der Waals surface area contributed by atoms with Gasteiger partial charge in [-0.15, -0.1) is 0 Å². The van der Waals surface area contributed by atoms with Crippen molar-refractivity contribution >= 4 is 23.3 Å². The summed E-state index contributed by atoms with van der Waals surface area (Å²) in [5, 5.41) is 0.699. The van der Waals surface area contributed by atoms with Crippen LogP contribution in [0.15, 0.2) is 54.6 Å². The minimum absolute atomic E-state index is 0.234. The highest BCUT2D eigenvalue weighted by Gasteiger charge is 2.30. The van der Waals surface area contributed by atoms with Gasteiger partial charge in [-0.3, -0.25) is 4.79 Å². The minimum atomic E-state index is 0.234. The van der Waals surface area contributed by atoms with Crippen LogP contribution < -0.4 is 4.90 Å². The Bertz CT molecular complexity index is 1140. The lowest BCUT2D eigenvalue weighted by Gasteiger charge is -2.37. The maximum Gasteiger partial charge on any atom is 0.225 e. The van der Waals surface area contributed by atoms with Gasteiger partial charge < -0.3 is 9.80 Å². The van der Waals surface area contributed by atoms with Crippen molar-refractivity contribution in [3.63, 3.8) is 0 Å². The maximum atomic E-state index is 12.9. The second-order valence-electron chi connectivity index (χ2n) is 9.40. The Morgan fingerprint density at radius 3 is 2.29 bits per heavy atom. The van der Waals surface area contributed by atoms with Gasteiger partial charge in [-0.1, -0.05) is 54.8 Å². The van der Waals surface area contributed by atoms with E-state index in [1.807, 2.05) is 30.3 Å². The molecule has 1 aliphatic heterocycles. The Labute approximate surface area is 206 Å². The summed E-state index contributed by atoms with van der Waals surface area (Å²) in [6, 6.07) is 18.2. The third-order valence-electron chi connectivity index (χ3n) is 7.11. The first-order valence-electron chi connectivity index (χ1n) is 12.3. The quantitative estimate of drug-likeness (QED) is 0.487. The average Bonchev–Trinajstić information content (AvgIpc) is 3.41. The second kappa shape index (κ2) is 10.1. The van der Waals surface area contributed by atoms with Crippen LogP contribution in [0.3, 0.4) is 0 Å². The molecule has 0 unspecified atom stereocenters. The van der Waals surface area contributed by atoms with E-state index in [4.69, 9.17) is 21.6 Å². The van der Waals surface area contributed by atoms with Crippen LogP contribution in [0.4, 0.5) is 5.82 Å². The van der Waals surface area contributed by atoms with E-state index in [0.29, 0.717) is 16.8 Å². The number of amides is 1. The number of benzene rings is 2. The van der Waals surface area contributed by atoms with Crippen molar-refractivity contribution in [2.45, 2.75) is 39.0 Å². The molecule has 2 aliphatic rings. The van der Waals surface area contributed by atoms with E-state index < -0.39 is 0 Å². The normalized spacial score (nSPS) is 16.8. The fraction of sp³-hybridized carbons (Fsp3) is 0.393. The van der Waals surface area contributed by atoms with Gasteiger partial charge in [-0.2, -0.15) is 0 Å². The molecule has 2 heterocycles. The van der Waals surface area contributed by atoms with E-state index in [0.717, 1.165) is 68.1 Å². The number of rotatable bonds is 5. The predicted octanol–water partition coefficient (Wildman–Crippen LogP) is 5.54. The molecule has 5 nitrogen and oxygen atoms in total. The molecular weight excluding hydrogens is 444 g/mol. The molecule has 0 N–H and O–H groups in total. The van der Waals surface area contributed by atoms with Crippen molar-refractivity contribution in [3.8, 4) is 11.4 Å². The lowest BCUT2D eigenvalue weighted by Crippen LogP contribution is -2.50. The van der Waals surface area contributed by atoms with E-state index in [-0.39, 0.29) is 5.92 Å². The molecule has 1 amide bonds. The van der Waals surface area contributed by atoms with Gasteiger partial charge in [0.1, 0.15) is 5.82 Å². The molecule has 176 valence electrons. The zero-order valence-electron chi connectivity index (χ0n) is 19.7. The van der Waals surface area contributed by atoms with Gasteiger partial charge in [-0.05, 0) is 49.6 Å². The molecule has 1 saturated heterocycles. The molecule has 2 aromatic carbocycles. The Morgan fingerprint density at radius 2 is 1.62 bits per heavy atom. The molecule has 5 rings (SSSR count). The minimum Gasteiger partial charge on any atom is -0.353 e. The number of carbonyl (C=O) groups excluding carboxylic acids is 1. The molecule has 0 spiro atoms. The first-order valence-corrected chi connectivity index (χ1v) is 12.7. The Morgan fingerprint density at radius 1 is 0.941 bits per heavy atom. The number of aryl methyl sites for hydroxylation is 1. The molecule has 2 fully saturated rings. The number of anilines is 1. The maximum absolute atomic E-state index is 12.9. The first-order chi connectivity index (χ1) is 16.6.